The molecule has 1 saturated heterocycles. The number of methoxy groups -OCH3 is 1. The Morgan fingerprint density at radius 1 is 1.38 bits per heavy atom. The molecule has 1 unspecified atom stereocenters. The quantitative estimate of drug-likeness (QED) is 0.575. The highest BCUT2D eigenvalue weighted by atomic mass is 16.5. The molecule has 0 aromatic heterocycles. The molecule has 0 saturated carbocycles. The lowest BCUT2D eigenvalue weighted by Crippen LogP contribution is -2.50. The summed E-state index contributed by atoms with van der Waals surface area (Å²) in [7, 11) is 3.66. The van der Waals surface area contributed by atoms with Crippen LogP contribution in [0.1, 0.15) is 0 Å². The molecule has 1 atom stereocenters. The highest BCUT2D eigenvalue weighted by Gasteiger charge is 2.21. The summed E-state index contributed by atoms with van der Waals surface area (Å²) in [5, 5.41) is 3.20. The van der Waals surface area contributed by atoms with Gasteiger partial charge in [-0.1, -0.05) is 0 Å². The van der Waals surface area contributed by atoms with Gasteiger partial charge in [-0.3, -0.25) is 4.90 Å². The topological polar surface area (TPSA) is 43.0 Å². The Balaban J connectivity index is 2.11. The fraction of sp³-hybridized carbons (Fsp3) is 1.00. The van der Waals surface area contributed by atoms with E-state index in [1.54, 1.807) is 7.11 Å². The normalized spacial score (nSPS) is 22.5. The standard InChI is InChI=1S/C11H24N2O3/c1-12-9-11-10-16-6-4-13(11)3-5-15-8-7-14-2/h11-12H,3-10H2,1-2H3. The molecule has 1 aliphatic heterocycles. The van der Waals surface area contributed by atoms with Crippen LogP contribution in [0.2, 0.25) is 0 Å². The lowest BCUT2D eigenvalue weighted by atomic mass is 10.2. The minimum atomic E-state index is 0.477. The lowest BCUT2D eigenvalue weighted by molar-refractivity contribution is -0.0224. The van der Waals surface area contributed by atoms with E-state index in [1.165, 1.54) is 0 Å². The SMILES string of the molecule is CNCC1COCCN1CCOCCOC. The van der Waals surface area contributed by atoms with Gasteiger partial charge in [0.15, 0.2) is 0 Å². The van der Waals surface area contributed by atoms with Crippen molar-refractivity contribution in [1.29, 1.82) is 0 Å². The van der Waals surface area contributed by atoms with Crippen molar-refractivity contribution in [3.8, 4) is 0 Å². The van der Waals surface area contributed by atoms with Gasteiger partial charge in [-0.15, -0.1) is 0 Å². The molecule has 0 aromatic carbocycles. The zero-order valence-corrected chi connectivity index (χ0v) is 10.4. The van der Waals surface area contributed by atoms with E-state index in [0.29, 0.717) is 19.3 Å². The monoisotopic (exact) mass is 232 g/mol. The van der Waals surface area contributed by atoms with Crippen molar-refractivity contribution >= 4 is 0 Å². The van der Waals surface area contributed by atoms with Crippen molar-refractivity contribution < 1.29 is 14.2 Å². The number of morpholine rings is 1. The molecule has 1 fully saturated rings. The van der Waals surface area contributed by atoms with Crippen LogP contribution in [-0.4, -0.2) is 77.8 Å². The number of nitrogens with one attached hydrogen (secondary N) is 1. The molecule has 5 nitrogen and oxygen atoms in total. The summed E-state index contributed by atoms with van der Waals surface area (Å²) in [4.78, 5) is 2.42. The van der Waals surface area contributed by atoms with E-state index >= 15 is 0 Å². The molecule has 1 aliphatic rings. The molecule has 0 bridgehead atoms. The Hall–Kier alpha value is -0.200. The van der Waals surface area contributed by atoms with Crippen LogP contribution < -0.4 is 5.32 Å². The van der Waals surface area contributed by atoms with Crippen molar-refractivity contribution in [2.75, 3.05) is 66.8 Å². The lowest BCUT2D eigenvalue weighted by Gasteiger charge is -2.35. The van der Waals surface area contributed by atoms with Crippen LogP contribution in [0.4, 0.5) is 0 Å². The third-order valence-electron chi connectivity index (χ3n) is 2.74. The number of ether oxygens (including phenoxy) is 3. The fourth-order valence-electron chi connectivity index (χ4n) is 1.83. The molecular formula is C11H24N2O3. The largest absolute Gasteiger partial charge is 0.382 e. The summed E-state index contributed by atoms with van der Waals surface area (Å²) >= 11 is 0. The van der Waals surface area contributed by atoms with Gasteiger partial charge in [0, 0.05) is 32.8 Å². The first kappa shape index (κ1) is 13.9. The average molecular weight is 232 g/mol. The average Bonchev–Trinajstić information content (AvgIpc) is 2.31. The molecule has 1 N–H and O–H groups in total. The van der Waals surface area contributed by atoms with Gasteiger partial charge in [-0.2, -0.15) is 0 Å². The Morgan fingerprint density at radius 2 is 2.25 bits per heavy atom. The third kappa shape index (κ3) is 5.23. The third-order valence-corrected chi connectivity index (χ3v) is 2.74. The number of hydrogen-bond donors (Lipinski definition) is 1. The first-order valence-corrected chi connectivity index (χ1v) is 5.91. The molecule has 0 amide bonds. The fourth-order valence-corrected chi connectivity index (χ4v) is 1.83. The van der Waals surface area contributed by atoms with Gasteiger partial charge in [0.05, 0.1) is 33.0 Å². The molecule has 0 spiro atoms. The van der Waals surface area contributed by atoms with Crippen LogP contribution in [0.15, 0.2) is 0 Å². The van der Waals surface area contributed by atoms with Crippen molar-refractivity contribution in [3.05, 3.63) is 0 Å². The van der Waals surface area contributed by atoms with Crippen LogP contribution in [0, 0.1) is 0 Å². The zero-order valence-electron chi connectivity index (χ0n) is 10.4. The summed E-state index contributed by atoms with van der Waals surface area (Å²) in [6.45, 7) is 6.71. The van der Waals surface area contributed by atoms with Crippen molar-refractivity contribution in [1.82, 2.24) is 10.2 Å². The van der Waals surface area contributed by atoms with Crippen LogP contribution >= 0.6 is 0 Å². The van der Waals surface area contributed by atoms with E-state index in [0.717, 1.165) is 39.5 Å². The van der Waals surface area contributed by atoms with Crippen LogP contribution in [-0.2, 0) is 14.2 Å². The van der Waals surface area contributed by atoms with Gasteiger partial charge in [0.1, 0.15) is 0 Å². The van der Waals surface area contributed by atoms with Crippen molar-refractivity contribution in [2.24, 2.45) is 0 Å². The summed E-state index contributed by atoms with van der Waals surface area (Å²) in [5.74, 6) is 0. The Bertz CT molecular complexity index is 167. The molecule has 0 radical (unpaired) electrons. The van der Waals surface area contributed by atoms with E-state index in [4.69, 9.17) is 14.2 Å². The highest BCUT2D eigenvalue weighted by molar-refractivity contribution is 4.76. The summed E-state index contributed by atoms with van der Waals surface area (Å²) in [5.41, 5.74) is 0. The van der Waals surface area contributed by atoms with E-state index in [-0.39, 0.29) is 0 Å². The van der Waals surface area contributed by atoms with E-state index < -0.39 is 0 Å². The molecular weight excluding hydrogens is 208 g/mol. The summed E-state index contributed by atoms with van der Waals surface area (Å²) < 4.78 is 15.9. The maximum Gasteiger partial charge on any atom is 0.0700 e. The predicted molar refractivity (Wildman–Crippen MR) is 62.8 cm³/mol. The van der Waals surface area contributed by atoms with E-state index in [9.17, 15) is 0 Å². The van der Waals surface area contributed by atoms with Gasteiger partial charge in [-0.05, 0) is 7.05 Å². The smallest absolute Gasteiger partial charge is 0.0700 e. The first-order chi connectivity index (χ1) is 7.88. The maximum atomic E-state index is 5.48. The minimum Gasteiger partial charge on any atom is -0.382 e. The van der Waals surface area contributed by atoms with E-state index in [1.807, 2.05) is 7.05 Å². The van der Waals surface area contributed by atoms with Gasteiger partial charge >= 0.3 is 0 Å². The Kier molecular flexibility index (Phi) is 7.71. The van der Waals surface area contributed by atoms with Crippen LogP contribution in [0.3, 0.4) is 0 Å². The first-order valence-electron chi connectivity index (χ1n) is 5.91. The zero-order chi connectivity index (χ0) is 11.6. The number of likely N-dealkylation sites (N-methyl/N-ethyl adjacent to an activating group) is 1. The molecule has 1 heterocycles. The van der Waals surface area contributed by atoms with Crippen molar-refractivity contribution in [2.45, 2.75) is 6.04 Å². The second-order valence-electron chi connectivity index (χ2n) is 3.93. The van der Waals surface area contributed by atoms with Gasteiger partial charge in [0.25, 0.3) is 0 Å². The summed E-state index contributed by atoms with van der Waals surface area (Å²) in [6.07, 6.45) is 0. The molecule has 0 aromatic rings. The minimum absolute atomic E-state index is 0.477. The van der Waals surface area contributed by atoms with Crippen molar-refractivity contribution in [3.63, 3.8) is 0 Å². The number of nitrogens with zero attached hydrogens (tertiary/aromatic N) is 1. The molecule has 1 rings (SSSR count). The summed E-state index contributed by atoms with van der Waals surface area (Å²) in [6, 6.07) is 0.477. The molecule has 96 valence electrons. The van der Waals surface area contributed by atoms with Gasteiger partial charge in [-0.25, -0.2) is 0 Å². The molecule has 0 aliphatic carbocycles. The predicted octanol–water partition coefficient (Wildman–Crippen LogP) is -0.430. The maximum absolute atomic E-state index is 5.48. The number of hydrogen-bond acceptors (Lipinski definition) is 5. The second kappa shape index (κ2) is 8.90. The molecule has 5 heteroatoms. The Labute approximate surface area is 98.0 Å². The van der Waals surface area contributed by atoms with E-state index in [2.05, 4.69) is 10.2 Å². The highest BCUT2D eigenvalue weighted by Crippen LogP contribution is 2.05. The van der Waals surface area contributed by atoms with Gasteiger partial charge < -0.3 is 19.5 Å². The van der Waals surface area contributed by atoms with Crippen LogP contribution in [0.5, 0.6) is 0 Å². The number of rotatable bonds is 8. The van der Waals surface area contributed by atoms with Crippen LogP contribution in [0.25, 0.3) is 0 Å². The molecule has 16 heavy (non-hydrogen) atoms. The second-order valence-corrected chi connectivity index (χ2v) is 3.93. The van der Waals surface area contributed by atoms with Gasteiger partial charge in [0.2, 0.25) is 0 Å². The Morgan fingerprint density at radius 3 is 3.00 bits per heavy atom.